The van der Waals surface area contributed by atoms with E-state index in [-0.39, 0.29) is 28.9 Å². The molecule has 0 unspecified atom stereocenters. The summed E-state index contributed by atoms with van der Waals surface area (Å²) in [5.74, 6) is 0.707. The van der Waals surface area contributed by atoms with E-state index in [1.165, 1.54) is 35.0 Å². The van der Waals surface area contributed by atoms with Gasteiger partial charge in [0.05, 0.1) is 10.5 Å². The van der Waals surface area contributed by atoms with Crippen LogP contribution in [0.4, 0.5) is 5.69 Å². The van der Waals surface area contributed by atoms with E-state index in [1.807, 2.05) is 31.2 Å². The Morgan fingerprint density at radius 2 is 2.03 bits per heavy atom. The minimum Gasteiger partial charge on any atom is -0.486 e. The third kappa shape index (κ3) is 4.49. The number of nitro groups is 1. The average molecular weight is 487 g/mol. The molecule has 174 valence electrons. The molecule has 3 aromatic rings. The summed E-state index contributed by atoms with van der Waals surface area (Å²) in [4.78, 5) is 27.3. The number of ether oxygens (including phenoxy) is 1. The maximum atomic E-state index is 12.6. The standard InChI is InChI=1S/C24H17N5O5S/c1-14-5-2-3-8-19(14)33-13-21-27-28-22(25)18(23(30)26-24(28)35-21)12-17-9-10-20(34-17)15-6-4-7-16(11-15)29(31)32/h2-12,25H,13H2,1H3/b18-12-,25-22?. The number of nitrogens with one attached hydrogen (secondary N) is 1. The van der Waals surface area contributed by atoms with Gasteiger partial charge in [-0.3, -0.25) is 20.3 Å². The number of aliphatic imine (C=N–C) groups is 1. The highest BCUT2D eigenvalue weighted by atomic mass is 32.2. The molecule has 0 saturated carbocycles. The first-order valence-electron chi connectivity index (χ1n) is 10.4. The third-order valence-electron chi connectivity index (χ3n) is 5.20. The minimum atomic E-state index is -0.585. The number of fused-ring (bicyclic) bond motifs is 1. The number of para-hydroxylation sites is 1. The van der Waals surface area contributed by atoms with Crippen LogP contribution in [-0.2, 0) is 4.79 Å². The Hall–Kier alpha value is -4.51. The maximum Gasteiger partial charge on any atom is 0.283 e. The number of amides is 1. The van der Waals surface area contributed by atoms with Gasteiger partial charge in [-0.15, -0.1) is 0 Å². The van der Waals surface area contributed by atoms with Gasteiger partial charge in [0.25, 0.3) is 11.6 Å². The van der Waals surface area contributed by atoms with Crippen LogP contribution in [0.25, 0.3) is 17.4 Å². The Labute approximate surface area is 203 Å². The van der Waals surface area contributed by atoms with Crippen LogP contribution in [0.3, 0.4) is 0 Å². The number of furan rings is 1. The topological polar surface area (TPSA) is 134 Å². The van der Waals surface area contributed by atoms with Crippen LogP contribution >= 0.6 is 11.8 Å². The summed E-state index contributed by atoms with van der Waals surface area (Å²) >= 11 is 1.17. The van der Waals surface area contributed by atoms with Gasteiger partial charge in [0.2, 0.25) is 5.17 Å². The maximum absolute atomic E-state index is 12.6. The molecular weight excluding hydrogens is 470 g/mol. The van der Waals surface area contributed by atoms with Crippen molar-refractivity contribution in [2.45, 2.75) is 6.92 Å². The Bertz CT molecular complexity index is 1470. The van der Waals surface area contributed by atoms with E-state index in [1.54, 1.807) is 24.3 Å². The molecule has 0 fully saturated rings. The zero-order valence-electron chi connectivity index (χ0n) is 18.3. The number of benzene rings is 2. The fraction of sp³-hybridized carbons (Fsp3) is 0.0833. The van der Waals surface area contributed by atoms with E-state index in [0.717, 1.165) is 11.3 Å². The lowest BCUT2D eigenvalue weighted by Crippen LogP contribution is -2.35. The quantitative estimate of drug-likeness (QED) is 0.298. The molecule has 3 heterocycles. The lowest BCUT2D eigenvalue weighted by atomic mass is 10.1. The minimum absolute atomic E-state index is 0.0131. The Morgan fingerprint density at radius 3 is 2.83 bits per heavy atom. The first kappa shape index (κ1) is 22.3. The third-order valence-corrected chi connectivity index (χ3v) is 6.08. The van der Waals surface area contributed by atoms with Crippen LogP contribution < -0.4 is 4.74 Å². The van der Waals surface area contributed by atoms with Crippen molar-refractivity contribution in [2.24, 2.45) is 10.1 Å². The predicted molar refractivity (Wildman–Crippen MR) is 132 cm³/mol. The van der Waals surface area contributed by atoms with Gasteiger partial charge in [0.15, 0.2) is 5.84 Å². The smallest absolute Gasteiger partial charge is 0.283 e. The van der Waals surface area contributed by atoms with E-state index in [2.05, 4.69) is 10.1 Å². The van der Waals surface area contributed by atoms with Crippen molar-refractivity contribution < 1.29 is 18.9 Å². The highest BCUT2D eigenvalue weighted by Gasteiger charge is 2.36. The van der Waals surface area contributed by atoms with E-state index >= 15 is 0 Å². The van der Waals surface area contributed by atoms with Gasteiger partial charge in [-0.1, -0.05) is 30.3 Å². The fourth-order valence-corrected chi connectivity index (χ4v) is 4.25. The number of hydrazone groups is 1. The summed E-state index contributed by atoms with van der Waals surface area (Å²) in [5.41, 5.74) is 1.46. The molecule has 0 aliphatic carbocycles. The normalized spacial score (nSPS) is 16.3. The molecule has 0 spiro atoms. The Morgan fingerprint density at radius 1 is 1.20 bits per heavy atom. The lowest BCUT2D eigenvalue weighted by molar-refractivity contribution is -0.384. The highest BCUT2D eigenvalue weighted by molar-refractivity contribution is 8.27. The summed E-state index contributed by atoms with van der Waals surface area (Å²) in [6.07, 6.45) is 1.41. The average Bonchev–Trinajstić information content (AvgIpc) is 3.48. The number of hydrogen-bond donors (Lipinski definition) is 1. The van der Waals surface area contributed by atoms with Crippen LogP contribution in [0.5, 0.6) is 5.75 Å². The SMILES string of the molecule is Cc1ccccc1OCC1=NN2C(=N)/C(=C/c3ccc(-c4cccc([N+](=O)[O-])c4)o3)C(=O)N=C2S1. The number of non-ortho nitro benzene ring substituents is 1. The molecular formula is C24H17N5O5S. The summed E-state index contributed by atoms with van der Waals surface area (Å²) in [6.45, 7) is 2.12. The molecule has 2 aromatic carbocycles. The molecule has 10 nitrogen and oxygen atoms in total. The summed E-state index contributed by atoms with van der Waals surface area (Å²) in [7, 11) is 0. The van der Waals surface area contributed by atoms with Crippen LogP contribution in [0.2, 0.25) is 0 Å². The van der Waals surface area contributed by atoms with Gasteiger partial charge in [0.1, 0.15) is 28.9 Å². The molecule has 0 bridgehead atoms. The predicted octanol–water partition coefficient (Wildman–Crippen LogP) is 4.86. The molecule has 0 atom stereocenters. The monoisotopic (exact) mass is 487 g/mol. The first-order valence-corrected chi connectivity index (χ1v) is 11.2. The number of nitro benzene ring substituents is 1. The number of hydrogen-bond acceptors (Lipinski definition) is 8. The van der Waals surface area contributed by atoms with Crippen molar-refractivity contribution in [3.8, 4) is 17.1 Å². The van der Waals surface area contributed by atoms with E-state index in [4.69, 9.17) is 14.6 Å². The number of nitrogens with zero attached hydrogens (tertiary/aromatic N) is 4. The zero-order valence-corrected chi connectivity index (χ0v) is 19.1. The number of carbonyl (C=O) groups is 1. The van der Waals surface area contributed by atoms with Gasteiger partial charge < -0.3 is 9.15 Å². The molecule has 1 N–H and O–H groups in total. The number of carbonyl (C=O) groups excluding carboxylic acids is 1. The van der Waals surface area contributed by atoms with Gasteiger partial charge in [-0.2, -0.15) is 15.1 Å². The van der Waals surface area contributed by atoms with Crippen molar-refractivity contribution in [3.05, 3.63) is 87.7 Å². The fourth-order valence-electron chi connectivity index (χ4n) is 3.45. The van der Waals surface area contributed by atoms with Crippen molar-refractivity contribution in [3.63, 3.8) is 0 Å². The second kappa shape index (κ2) is 9.03. The number of thioether (sulfide) groups is 1. The van der Waals surface area contributed by atoms with E-state index in [9.17, 15) is 14.9 Å². The van der Waals surface area contributed by atoms with Gasteiger partial charge in [-0.25, -0.2) is 0 Å². The molecule has 2 aliphatic rings. The van der Waals surface area contributed by atoms with Crippen molar-refractivity contribution in [2.75, 3.05) is 6.61 Å². The molecule has 35 heavy (non-hydrogen) atoms. The van der Waals surface area contributed by atoms with E-state index < -0.39 is 10.8 Å². The van der Waals surface area contributed by atoms with E-state index in [0.29, 0.717) is 22.1 Å². The molecule has 1 amide bonds. The van der Waals surface area contributed by atoms with Crippen LogP contribution in [-0.4, -0.2) is 38.5 Å². The second-order valence-corrected chi connectivity index (χ2v) is 8.62. The van der Waals surface area contributed by atoms with Crippen LogP contribution in [0.1, 0.15) is 11.3 Å². The van der Waals surface area contributed by atoms with Crippen LogP contribution in [0, 0.1) is 22.4 Å². The Balaban J connectivity index is 1.34. The lowest BCUT2D eigenvalue weighted by Gasteiger charge is -2.19. The number of amidine groups is 2. The first-order chi connectivity index (χ1) is 16.9. The number of rotatable bonds is 6. The van der Waals surface area contributed by atoms with Crippen molar-refractivity contribution in [1.29, 1.82) is 5.41 Å². The molecule has 1 aromatic heterocycles. The van der Waals surface area contributed by atoms with Gasteiger partial charge >= 0.3 is 0 Å². The molecule has 11 heteroatoms. The zero-order chi connectivity index (χ0) is 24.5. The molecule has 0 saturated heterocycles. The summed E-state index contributed by atoms with van der Waals surface area (Å²) in [6, 6.07) is 16.9. The summed E-state index contributed by atoms with van der Waals surface area (Å²) < 4.78 is 11.6. The molecule has 2 aliphatic heterocycles. The van der Waals surface area contributed by atoms with Crippen molar-refractivity contribution >= 4 is 45.5 Å². The highest BCUT2D eigenvalue weighted by Crippen LogP contribution is 2.31. The van der Waals surface area contributed by atoms with Crippen molar-refractivity contribution in [1.82, 2.24) is 5.01 Å². The van der Waals surface area contributed by atoms with Gasteiger partial charge in [0, 0.05) is 17.7 Å². The largest absolute Gasteiger partial charge is 0.486 e. The molecule has 0 radical (unpaired) electrons. The second-order valence-electron chi connectivity index (χ2n) is 7.58. The van der Waals surface area contributed by atoms with Crippen LogP contribution in [0.15, 0.2) is 80.7 Å². The summed E-state index contributed by atoms with van der Waals surface area (Å²) in [5, 5.41) is 26.1. The van der Waals surface area contributed by atoms with Gasteiger partial charge in [-0.05, 0) is 48.5 Å². The molecule has 5 rings (SSSR count). The number of aryl methyl sites for hydroxylation is 1. The Kier molecular flexibility index (Phi) is 5.75.